The number of fused-ring (bicyclic) bond motifs is 2. The molecule has 3 aliphatic heterocycles. The molecule has 3 heterocycles. The molecule has 0 spiro atoms. The normalized spacial score (nSPS) is 15.1. The third-order valence-electron chi connectivity index (χ3n) is 13.8. The number of amides is 6. The van der Waals surface area contributed by atoms with Gasteiger partial charge in [0.25, 0.3) is 5.91 Å². The highest BCUT2D eigenvalue weighted by molar-refractivity contribution is 6.18. The Hall–Kier alpha value is -9.33. The lowest BCUT2D eigenvalue weighted by Gasteiger charge is -2.35. The van der Waals surface area contributed by atoms with Crippen LogP contribution in [0.4, 0.5) is 82.9 Å². The van der Waals surface area contributed by atoms with Crippen molar-refractivity contribution in [3.63, 3.8) is 0 Å². The van der Waals surface area contributed by atoms with Crippen LogP contribution in [0.25, 0.3) is 0 Å². The van der Waals surface area contributed by atoms with Crippen molar-refractivity contribution in [1.29, 1.82) is 0 Å². The Bertz CT molecular complexity index is 2910. The molecule has 0 saturated carbocycles. The predicted molar refractivity (Wildman–Crippen MR) is 325 cm³/mol. The van der Waals surface area contributed by atoms with E-state index in [1.165, 1.54) is 26.7 Å². The number of halogens is 15. The molecule has 5 rings (SSSR count). The molecule has 3 atom stereocenters. The number of hydrogen-bond donors (Lipinski definition) is 13. The van der Waals surface area contributed by atoms with E-state index in [1.54, 1.807) is 11.0 Å². The number of benzene rings is 2. The van der Waals surface area contributed by atoms with Crippen LogP contribution >= 0.6 is 0 Å². The SMILES string of the molecule is CC(=O)N[C@@H](CCCCN)C(=O)N[C@@H](C)C(=O)N[C@@H](CCCN=C(N)N)C(=O)NCCN1CCN(CCCCC2CCN(CC(=O)N3c4ccccc4NC(=O)c4ccccc43)CC2)CC1.O=C(O)C(F)(F)F.O=C(O)C(F)(F)F.O=C(O)C(F)(F)F.O=C(O)C(F)(F)F.O=C(O)C(F)(F)F. The lowest BCUT2D eigenvalue weighted by molar-refractivity contribution is -0.193. The highest BCUT2D eigenvalue weighted by Crippen LogP contribution is 2.38. The number of rotatable bonds is 24. The summed E-state index contributed by atoms with van der Waals surface area (Å²) in [4.78, 5) is 135. The zero-order valence-corrected chi connectivity index (χ0v) is 53.8. The summed E-state index contributed by atoms with van der Waals surface area (Å²) in [6.45, 7) is 11.5. The monoisotopic (exact) mass is 1490 g/mol. The fourth-order valence-corrected chi connectivity index (χ4v) is 8.84. The number of piperidine rings is 1. The Kier molecular flexibility index (Phi) is 40.0. The summed E-state index contributed by atoms with van der Waals surface area (Å²) >= 11 is 0. The molecule has 2 saturated heterocycles. The Balaban J connectivity index is 0.00000232. The van der Waals surface area contributed by atoms with E-state index in [0.717, 1.165) is 65.1 Å². The van der Waals surface area contributed by atoms with Crippen molar-refractivity contribution in [2.45, 2.75) is 127 Å². The number of carboxylic acid groups (broad SMARTS) is 5. The molecule has 0 bridgehead atoms. The van der Waals surface area contributed by atoms with Crippen molar-refractivity contribution in [3.8, 4) is 0 Å². The molecule has 44 heteroatoms. The second-order valence-corrected chi connectivity index (χ2v) is 21.7. The van der Waals surface area contributed by atoms with E-state index in [4.69, 9.17) is 66.7 Å². The summed E-state index contributed by atoms with van der Waals surface area (Å²) < 4.78 is 159. The number of nitrogens with two attached hydrogens (primary N) is 3. The number of hydrogen-bond acceptors (Lipinski definition) is 16. The number of piperazine rings is 1. The van der Waals surface area contributed by atoms with Gasteiger partial charge in [0.2, 0.25) is 29.5 Å². The van der Waals surface area contributed by atoms with Crippen molar-refractivity contribution >= 4 is 88.3 Å². The van der Waals surface area contributed by atoms with E-state index in [0.29, 0.717) is 87.0 Å². The number of carboxylic acids is 5. The van der Waals surface area contributed by atoms with Gasteiger partial charge in [0.15, 0.2) is 5.96 Å². The topological polar surface area (TPSA) is 452 Å². The number of nitrogens with zero attached hydrogens (tertiary/aromatic N) is 5. The van der Waals surface area contributed by atoms with E-state index < -0.39 is 90.7 Å². The van der Waals surface area contributed by atoms with Crippen LogP contribution in [0.1, 0.15) is 88.4 Å². The second-order valence-electron chi connectivity index (χ2n) is 21.7. The molecule has 2 aromatic rings. The molecule has 0 aliphatic carbocycles. The summed E-state index contributed by atoms with van der Waals surface area (Å²) in [6.07, 6.45) is -17.4. The van der Waals surface area contributed by atoms with Gasteiger partial charge in [-0.1, -0.05) is 37.1 Å². The second kappa shape index (κ2) is 44.0. The van der Waals surface area contributed by atoms with Crippen LogP contribution in [0, 0.1) is 5.92 Å². The summed E-state index contributed by atoms with van der Waals surface area (Å²) in [5.74, 6) is -15.2. The van der Waals surface area contributed by atoms with Gasteiger partial charge >= 0.3 is 60.7 Å². The maximum Gasteiger partial charge on any atom is 0.490 e. The van der Waals surface area contributed by atoms with E-state index >= 15 is 0 Å². The summed E-state index contributed by atoms with van der Waals surface area (Å²) in [7, 11) is 0. The first-order chi connectivity index (χ1) is 46.5. The number of para-hydroxylation sites is 3. The first kappa shape index (κ1) is 91.7. The Morgan fingerprint density at radius 2 is 0.990 bits per heavy atom. The van der Waals surface area contributed by atoms with Gasteiger partial charge in [-0.2, -0.15) is 65.9 Å². The van der Waals surface area contributed by atoms with Crippen LogP contribution in [-0.2, 0) is 47.9 Å². The minimum absolute atomic E-state index is 0.0444. The van der Waals surface area contributed by atoms with Crippen LogP contribution in [0.5, 0.6) is 0 Å². The van der Waals surface area contributed by atoms with E-state index in [9.17, 15) is 94.6 Å². The maximum atomic E-state index is 13.9. The number of aliphatic carboxylic acids is 5. The van der Waals surface area contributed by atoms with E-state index in [2.05, 4.69) is 46.3 Å². The third kappa shape index (κ3) is 38.7. The molecule has 0 aromatic heterocycles. The molecule has 16 N–H and O–H groups in total. The largest absolute Gasteiger partial charge is 0.490 e. The van der Waals surface area contributed by atoms with Gasteiger partial charge in [-0.05, 0) is 115 Å². The standard InChI is InChI=1S/C47H73N13O6.5C2HF3O2/c1-33(53-46(66)39(54-34(2)61)15-7-9-21-48)43(63)56-38(16-11-22-52-47(49)50)45(65)51-23-27-58-30-28-57(29-31-58)24-10-8-12-35-19-25-59(26-20-35)32-42(62)60-40-17-5-3-13-36(40)44(64)55-37-14-4-6-18-41(37)60;5*3-2(4,5)1(6)7/h3-6,13-14,17-18,33,35,38-39H,7-12,15-16,19-32,48H2,1-2H3,(H,51,65)(H,53,66)(H,54,61)(H,55,64)(H,56,63)(H4,49,50,52);5*(H,6,7)/t33-,38-,39-;;;;;/m0...../s1. The highest BCUT2D eigenvalue weighted by atomic mass is 19.4. The minimum atomic E-state index is -5.08. The van der Waals surface area contributed by atoms with Crippen LogP contribution in [0.2, 0.25) is 0 Å². The van der Waals surface area contributed by atoms with Gasteiger partial charge in [0.05, 0.1) is 29.2 Å². The fraction of sp³-hybridized carbons (Fsp3) is 0.579. The first-order valence-electron chi connectivity index (χ1n) is 30.0. The molecule has 101 heavy (non-hydrogen) atoms. The van der Waals surface area contributed by atoms with Gasteiger partial charge in [0.1, 0.15) is 18.1 Å². The zero-order chi connectivity index (χ0) is 77.8. The van der Waals surface area contributed by atoms with E-state index in [-0.39, 0.29) is 36.0 Å². The number of aliphatic imine (C=N–C) groups is 1. The maximum absolute atomic E-state index is 13.9. The van der Waals surface area contributed by atoms with Gasteiger partial charge in [-0.15, -0.1) is 0 Å². The summed E-state index contributed by atoms with van der Waals surface area (Å²) in [5.41, 5.74) is 18.9. The number of carbonyl (C=O) groups is 11. The van der Waals surface area contributed by atoms with Crippen LogP contribution in [0.15, 0.2) is 53.5 Å². The predicted octanol–water partition coefficient (Wildman–Crippen LogP) is 4.38. The molecule has 3 aliphatic rings. The van der Waals surface area contributed by atoms with Crippen molar-refractivity contribution in [2.24, 2.45) is 28.1 Å². The third-order valence-corrected chi connectivity index (χ3v) is 13.8. The Labute approximate surface area is 565 Å². The van der Waals surface area contributed by atoms with E-state index in [1.807, 2.05) is 42.5 Å². The van der Waals surface area contributed by atoms with Crippen LogP contribution in [0.3, 0.4) is 0 Å². The van der Waals surface area contributed by atoms with Crippen LogP contribution < -0.4 is 48.7 Å². The van der Waals surface area contributed by atoms with Crippen molar-refractivity contribution in [3.05, 3.63) is 54.1 Å². The lowest BCUT2D eigenvalue weighted by atomic mass is 9.91. The summed E-state index contributed by atoms with van der Waals surface area (Å²) in [5, 5.41) is 49.7. The molecule has 2 aromatic carbocycles. The van der Waals surface area contributed by atoms with Crippen molar-refractivity contribution in [1.82, 2.24) is 36.0 Å². The molecule has 0 unspecified atom stereocenters. The zero-order valence-electron chi connectivity index (χ0n) is 53.8. The molecule has 6 amide bonds. The van der Waals surface area contributed by atoms with Gasteiger partial charge in [-0.25, -0.2) is 24.0 Å². The Morgan fingerprint density at radius 1 is 0.554 bits per heavy atom. The molecular weight excluding hydrogens is 1410 g/mol. The number of guanidine groups is 1. The number of nitrogens with one attached hydrogen (secondary N) is 5. The van der Waals surface area contributed by atoms with Gasteiger partial charge in [-0.3, -0.25) is 48.5 Å². The number of anilines is 3. The summed E-state index contributed by atoms with van der Waals surface area (Å²) in [6, 6.07) is 12.1. The molecule has 2 fully saturated rings. The molecule has 0 radical (unpaired) electrons. The number of alkyl halides is 15. The minimum Gasteiger partial charge on any atom is -0.475 e. The number of likely N-dealkylation sites (tertiary alicyclic amines) is 1. The van der Waals surface area contributed by atoms with Crippen molar-refractivity contribution < 1.29 is 144 Å². The molecular formula is C57H78F15N13O16. The average Bonchev–Trinajstić information content (AvgIpc) is 1.68. The van der Waals surface area contributed by atoms with Crippen molar-refractivity contribution in [2.75, 3.05) is 88.8 Å². The van der Waals surface area contributed by atoms with Gasteiger partial charge in [0, 0.05) is 52.7 Å². The molecule has 29 nitrogen and oxygen atoms in total. The smallest absolute Gasteiger partial charge is 0.475 e. The lowest BCUT2D eigenvalue weighted by Crippen LogP contribution is -2.56. The quantitative estimate of drug-likeness (QED) is 0.0300. The fourth-order valence-electron chi connectivity index (χ4n) is 8.84. The van der Waals surface area contributed by atoms with Crippen LogP contribution in [-0.4, -0.2) is 239 Å². The average molecular weight is 1490 g/mol. The number of carbonyl (C=O) groups excluding carboxylic acids is 6. The Morgan fingerprint density at radius 3 is 1.45 bits per heavy atom. The number of unbranched alkanes of at least 4 members (excludes halogenated alkanes) is 2. The first-order valence-corrected chi connectivity index (χ1v) is 30.0. The highest BCUT2D eigenvalue weighted by Gasteiger charge is 2.41. The molecule has 572 valence electrons. The van der Waals surface area contributed by atoms with Gasteiger partial charge < -0.3 is 74.2 Å².